The van der Waals surface area contributed by atoms with Crippen molar-refractivity contribution in [1.29, 1.82) is 0 Å². The fourth-order valence-electron chi connectivity index (χ4n) is 2.09. The standard InChI is InChI=1S/C15H13F3N2O3/c1-9-2-3-11(8-13(9)20(21)22)14(19)10-4-6-12(7-5-10)23-15(16,17)18/h2-8,14H,19H2,1H3/t14-/m1/s1. The normalized spacial score (nSPS) is 12.7. The first-order valence-electron chi connectivity index (χ1n) is 6.53. The number of nitrogens with zero attached hydrogens (tertiary/aromatic N) is 1. The third kappa shape index (κ3) is 4.19. The van der Waals surface area contributed by atoms with E-state index in [0.717, 1.165) is 12.1 Å². The van der Waals surface area contributed by atoms with Crippen molar-refractivity contribution >= 4 is 5.69 Å². The second-order valence-corrected chi connectivity index (χ2v) is 4.90. The highest BCUT2D eigenvalue weighted by molar-refractivity contribution is 5.45. The van der Waals surface area contributed by atoms with Gasteiger partial charge in [-0.3, -0.25) is 10.1 Å². The van der Waals surface area contributed by atoms with E-state index in [1.54, 1.807) is 19.1 Å². The summed E-state index contributed by atoms with van der Waals surface area (Å²) in [6.07, 6.45) is -4.76. The molecule has 1 atom stereocenters. The number of alkyl halides is 3. The largest absolute Gasteiger partial charge is 0.573 e. The summed E-state index contributed by atoms with van der Waals surface area (Å²) in [5.74, 6) is -0.358. The van der Waals surface area contributed by atoms with E-state index in [0.29, 0.717) is 16.7 Å². The monoisotopic (exact) mass is 326 g/mol. The topological polar surface area (TPSA) is 78.4 Å². The third-order valence-electron chi connectivity index (χ3n) is 3.26. The van der Waals surface area contributed by atoms with Crippen LogP contribution in [0.15, 0.2) is 42.5 Å². The molecule has 2 rings (SSSR count). The van der Waals surface area contributed by atoms with Crippen molar-refractivity contribution in [2.45, 2.75) is 19.3 Å². The molecule has 0 saturated carbocycles. The average molecular weight is 326 g/mol. The maximum atomic E-state index is 12.1. The van der Waals surface area contributed by atoms with Crippen molar-refractivity contribution < 1.29 is 22.8 Å². The van der Waals surface area contributed by atoms with E-state index in [-0.39, 0.29) is 11.4 Å². The highest BCUT2D eigenvalue weighted by Gasteiger charge is 2.31. The first-order chi connectivity index (χ1) is 10.7. The second kappa shape index (κ2) is 6.25. The molecule has 122 valence electrons. The Hall–Kier alpha value is -2.61. The third-order valence-corrected chi connectivity index (χ3v) is 3.26. The van der Waals surface area contributed by atoms with Crippen LogP contribution in [0.5, 0.6) is 5.75 Å². The summed E-state index contributed by atoms with van der Waals surface area (Å²) >= 11 is 0. The van der Waals surface area contributed by atoms with Crippen LogP contribution in [0.3, 0.4) is 0 Å². The summed E-state index contributed by atoms with van der Waals surface area (Å²) in [4.78, 5) is 10.4. The van der Waals surface area contributed by atoms with Gasteiger partial charge in [-0.1, -0.05) is 24.3 Å². The molecule has 0 amide bonds. The highest BCUT2D eigenvalue weighted by Crippen LogP contribution is 2.28. The molecule has 8 heteroatoms. The average Bonchev–Trinajstić information content (AvgIpc) is 2.46. The molecular weight excluding hydrogens is 313 g/mol. The Kier molecular flexibility index (Phi) is 4.55. The predicted octanol–water partition coefficient (Wildman–Crippen LogP) is 3.85. The van der Waals surface area contributed by atoms with Gasteiger partial charge in [-0.05, 0) is 30.2 Å². The minimum atomic E-state index is -4.76. The Bertz CT molecular complexity index is 715. The SMILES string of the molecule is Cc1ccc([C@H](N)c2ccc(OC(F)(F)F)cc2)cc1[N+](=O)[O-]. The van der Waals surface area contributed by atoms with Crippen molar-refractivity contribution in [3.05, 3.63) is 69.3 Å². The Morgan fingerprint density at radius 3 is 2.22 bits per heavy atom. The molecule has 0 bridgehead atoms. The van der Waals surface area contributed by atoms with E-state index in [9.17, 15) is 23.3 Å². The summed E-state index contributed by atoms with van der Waals surface area (Å²) in [5, 5.41) is 11.0. The van der Waals surface area contributed by atoms with E-state index < -0.39 is 17.3 Å². The Morgan fingerprint density at radius 2 is 1.70 bits per heavy atom. The summed E-state index contributed by atoms with van der Waals surface area (Å²) < 4.78 is 40.1. The van der Waals surface area contributed by atoms with Crippen LogP contribution in [-0.4, -0.2) is 11.3 Å². The molecule has 23 heavy (non-hydrogen) atoms. The van der Waals surface area contributed by atoms with Gasteiger partial charge in [-0.2, -0.15) is 0 Å². The lowest BCUT2D eigenvalue weighted by atomic mass is 9.98. The molecule has 0 unspecified atom stereocenters. The first-order valence-corrected chi connectivity index (χ1v) is 6.53. The molecule has 0 aliphatic rings. The van der Waals surface area contributed by atoms with Crippen LogP contribution in [0.4, 0.5) is 18.9 Å². The molecule has 2 N–H and O–H groups in total. The Labute approximate surface area is 129 Å². The number of benzene rings is 2. The highest BCUT2D eigenvalue weighted by atomic mass is 19.4. The zero-order valence-corrected chi connectivity index (χ0v) is 12.0. The number of ether oxygens (including phenoxy) is 1. The molecule has 0 saturated heterocycles. The van der Waals surface area contributed by atoms with Crippen LogP contribution in [0.1, 0.15) is 22.7 Å². The van der Waals surface area contributed by atoms with Crippen LogP contribution >= 0.6 is 0 Å². The van der Waals surface area contributed by atoms with Gasteiger partial charge in [0, 0.05) is 11.6 Å². The van der Waals surface area contributed by atoms with Crippen molar-refractivity contribution in [3.63, 3.8) is 0 Å². The van der Waals surface area contributed by atoms with Crippen molar-refractivity contribution in [2.75, 3.05) is 0 Å². The lowest BCUT2D eigenvalue weighted by Gasteiger charge is -2.14. The zero-order valence-electron chi connectivity index (χ0n) is 12.0. The molecule has 2 aromatic rings. The molecule has 0 aliphatic heterocycles. The van der Waals surface area contributed by atoms with E-state index in [1.165, 1.54) is 18.2 Å². The maximum absolute atomic E-state index is 12.1. The smallest absolute Gasteiger partial charge is 0.406 e. The van der Waals surface area contributed by atoms with E-state index in [2.05, 4.69) is 4.74 Å². The van der Waals surface area contributed by atoms with Gasteiger partial charge in [0.05, 0.1) is 11.0 Å². The number of halogens is 3. The van der Waals surface area contributed by atoms with Gasteiger partial charge < -0.3 is 10.5 Å². The summed E-state index contributed by atoms with van der Waals surface area (Å²) in [7, 11) is 0. The van der Waals surface area contributed by atoms with Gasteiger partial charge in [0.2, 0.25) is 0 Å². The summed E-state index contributed by atoms with van der Waals surface area (Å²) in [6.45, 7) is 1.61. The maximum Gasteiger partial charge on any atom is 0.573 e. The first kappa shape index (κ1) is 16.8. The summed E-state index contributed by atoms with van der Waals surface area (Å²) in [6, 6.07) is 8.95. The van der Waals surface area contributed by atoms with E-state index >= 15 is 0 Å². The van der Waals surface area contributed by atoms with Gasteiger partial charge in [-0.25, -0.2) is 0 Å². The van der Waals surface area contributed by atoms with Crippen LogP contribution in [0.2, 0.25) is 0 Å². The van der Waals surface area contributed by atoms with Gasteiger partial charge >= 0.3 is 6.36 Å². The molecule has 5 nitrogen and oxygen atoms in total. The van der Waals surface area contributed by atoms with E-state index in [1.807, 2.05) is 0 Å². The van der Waals surface area contributed by atoms with Crippen LogP contribution in [-0.2, 0) is 0 Å². The number of hydrogen-bond acceptors (Lipinski definition) is 4. The van der Waals surface area contributed by atoms with Crippen LogP contribution in [0.25, 0.3) is 0 Å². The van der Waals surface area contributed by atoms with Gasteiger partial charge in [-0.15, -0.1) is 13.2 Å². The summed E-state index contributed by atoms with van der Waals surface area (Å²) in [5.41, 5.74) is 7.47. The van der Waals surface area contributed by atoms with Gasteiger partial charge in [0.15, 0.2) is 0 Å². The van der Waals surface area contributed by atoms with Crippen LogP contribution in [0, 0.1) is 17.0 Å². The number of rotatable bonds is 4. The molecule has 0 heterocycles. The number of nitrogens with two attached hydrogens (primary N) is 1. The molecule has 0 spiro atoms. The number of aryl methyl sites for hydroxylation is 1. The van der Waals surface area contributed by atoms with Crippen LogP contribution < -0.4 is 10.5 Å². The number of nitro groups is 1. The van der Waals surface area contributed by atoms with Crippen molar-refractivity contribution in [1.82, 2.24) is 0 Å². The predicted molar refractivity (Wildman–Crippen MR) is 77.0 cm³/mol. The van der Waals surface area contributed by atoms with Gasteiger partial charge in [0.25, 0.3) is 5.69 Å². The number of hydrogen-bond donors (Lipinski definition) is 1. The fraction of sp³-hybridized carbons (Fsp3) is 0.200. The minimum absolute atomic E-state index is 0.0602. The molecule has 0 fully saturated rings. The fourth-order valence-corrected chi connectivity index (χ4v) is 2.09. The Morgan fingerprint density at radius 1 is 1.13 bits per heavy atom. The Balaban J connectivity index is 2.25. The molecule has 0 aromatic heterocycles. The van der Waals surface area contributed by atoms with Crippen molar-refractivity contribution in [2.24, 2.45) is 5.73 Å². The molecule has 0 aliphatic carbocycles. The molecule has 2 aromatic carbocycles. The van der Waals surface area contributed by atoms with E-state index in [4.69, 9.17) is 5.73 Å². The zero-order chi connectivity index (χ0) is 17.2. The van der Waals surface area contributed by atoms with Gasteiger partial charge in [0.1, 0.15) is 5.75 Å². The molecular formula is C15H13F3N2O3. The quantitative estimate of drug-likeness (QED) is 0.684. The second-order valence-electron chi connectivity index (χ2n) is 4.90. The minimum Gasteiger partial charge on any atom is -0.406 e. The lowest BCUT2D eigenvalue weighted by molar-refractivity contribution is -0.385. The number of nitro benzene ring substituents is 1. The van der Waals surface area contributed by atoms with Crippen molar-refractivity contribution in [3.8, 4) is 5.75 Å². The molecule has 0 radical (unpaired) electrons. The lowest BCUT2D eigenvalue weighted by Crippen LogP contribution is -2.17.